The van der Waals surface area contributed by atoms with Crippen LogP contribution in [0.3, 0.4) is 0 Å². The van der Waals surface area contributed by atoms with Crippen molar-refractivity contribution in [1.82, 2.24) is 0 Å². The second kappa shape index (κ2) is 5.28. The molecule has 1 aliphatic rings. The fourth-order valence-corrected chi connectivity index (χ4v) is 2.14. The van der Waals surface area contributed by atoms with Gasteiger partial charge in [-0.25, -0.2) is 4.90 Å². The molecule has 1 aliphatic heterocycles. The first kappa shape index (κ1) is 14.0. The number of carbonyl (C=O) groups excluding carboxylic acids is 3. The van der Waals surface area contributed by atoms with Crippen molar-refractivity contribution in [2.45, 2.75) is 20.3 Å². The number of nitrogens with two attached hydrogens (primary N) is 1. The van der Waals surface area contributed by atoms with Gasteiger partial charge in [0.1, 0.15) is 0 Å². The molecule has 1 fully saturated rings. The minimum atomic E-state index is -0.545. The number of rotatable bonds is 3. The maximum Gasteiger partial charge on any atom is 0.261 e. The van der Waals surface area contributed by atoms with Gasteiger partial charge in [0.25, 0.3) is 5.91 Å². The van der Waals surface area contributed by atoms with Gasteiger partial charge in [0.15, 0.2) is 0 Å². The topological polar surface area (TPSA) is 80.5 Å². The van der Waals surface area contributed by atoms with Crippen molar-refractivity contribution in [1.29, 1.82) is 0 Å². The molecule has 1 heterocycles. The molecule has 0 unspecified atom stereocenters. The van der Waals surface area contributed by atoms with Gasteiger partial charge in [0.05, 0.1) is 12.1 Å². The van der Waals surface area contributed by atoms with E-state index in [1.54, 1.807) is 18.2 Å². The van der Waals surface area contributed by atoms with Crippen molar-refractivity contribution in [2.24, 2.45) is 11.7 Å². The van der Waals surface area contributed by atoms with Gasteiger partial charge in [-0.05, 0) is 30.2 Å². The number of anilines is 1. The summed E-state index contributed by atoms with van der Waals surface area (Å²) in [6, 6.07) is 6.10. The standard InChI is InChI=1S/C15H16N2O3/c1-9(2)7-11-8-13(18)17(15(11)20)12-5-3-10(4-6-12)14(16)19/h3-7,9H,8H2,1-2H3,(H2,16,19). The van der Waals surface area contributed by atoms with Crippen LogP contribution in [0.25, 0.3) is 0 Å². The minimum absolute atomic E-state index is 0.120. The lowest BCUT2D eigenvalue weighted by Gasteiger charge is -2.13. The average molecular weight is 272 g/mol. The van der Waals surface area contributed by atoms with Crippen molar-refractivity contribution in [3.63, 3.8) is 0 Å². The van der Waals surface area contributed by atoms with Gasteiger partial charge in [0.2, 0.25) is 11.8 Å². The van der Waals surface area contributed by atoms with E-state index in [0.717, 1.165) is 4.90 Å². The zero-order chi connectivity index (χ0) is 14.9. The molecule has 5 heteroatoms. The summed E-state index contributed by atoms with van der Waals surface area (Å²) in [4.78, 5) is 36.3. The first-order valence-corrected chi connectivity index (χ1v) is 6.38. The van der Waals surface area contributed by atoms with Crippen molar-refractivity contribution >= 4 is 23.4 Å². The van der Waals surface area contributed by atoms with Crippen LogP contribution in [0.15, 0.2) is 35.9 Å². The Morgan fingerprint density at radius 3 is 2.35 bits per heavy atom. The fourth-order valence-electron chi connectivity index (χ4n) is 2.14. The number of primary amides is 1. The van der Waals surface area contributed by atoms with Crippen LogP contribution in [0.4, 0.5) is 5.69 Å². The Kier molecular flexibility index (Phi) is 3.70. The quantitative estimate of drug-likeness (QED) is 0.670. The van der Waals surface area contributed by atoms with Crippen molar-refractivity contribution < 1.29 is 14.4 Å². The summed E-state index contributed by atoms with van der Waals surface area (Å²) in [6.45, 7) is 3.91. The summed E-state index contributed by atoms with van der Waals surface area (Å²) < 4.78 is 0. The zero-order valence-electron chi connectivity index (χ0n) is 11.4. The molecule has 20 heavy (non-hydrogen) atoms. The third-order valence-electron chi connectivity index (χ3n) is 3.01. The second-order valence-electron chi connectivity index (χ2n) is 5.06. The summed E-state index contributed by atoms with van der Waals surface area (Å²) in [6.07, 6.45) is 1.92. The highest BCUT2D eigenvalue weighted by molar-refractivity contribution is 6.28. The molecule has 0 atom stereocenters. The van der Waals surface area contributed by atoms with Crippen molar-refractivity contribution in [3.05, 3.63) is 41.5 Å². The number of amides is 3. The molecule has 0 aromatic heterocycles. The molecule has 0 spiro atoms. The fraction of sp³-hybridized carbons (Fsp3) is 0.267. The van der Waals surface area contributed by atoms with Crippen LogP contribution in [0, 0.1) is 5.92 Å². The highest BCUT2D eigenvalue weighted by Gasteiger charge is 2.34. The van der Waals surface area contributed by atoms with Crippen LogP contribution in [0.5, 0.6) is 0 Å². The summed E-state index contributed by atoms with van der Waals surface area (Å²) in [7, 11) is 0. The van der Waals surface area contributed by atoms with E-state index in [-0.39, 0.29) is 24.2 Å². The van der Waals surface area contributed by atoms with E-state index in [0.29, 0.717) is 16.8 Å². The molecule has 3 amide bonds. The Balaban J connectivity index is 2.31. The van der Waals surface area contributed by atoms with Gasteiger partial charge >= 0.3 is 0 Å². The molecule has 0 aliphatic carbocycles. The molecular weight excluding hydrogens is 256 g/mol. The Morgan fingerprint density at radius 2 is 1.85 bits per heavy atom. The maximum atomic E-state index is 12.2. The highest BCUT2D eigenvalue weighted by atomic mass is 16.2. The molecule has 1 aromatic rings. The molecular formula is C15H16N2O3. The lowest BCUT2D eigenvalue weighted by molar-refractivity contribution is -0.120. The lowest BCUT2D eigenvalue weighted by Crippen LogP contribution is -2.29. The number of imide groups is 1. The molecule has 1 saturated heterocycles. The molecule has 104 valence electrons. The number of benzene rings is 1. The number of allylic oxidation sites excluding steroid dienone is 1. The molecule has 0 bridgehead atoms. The van der Waals surface area contributed by atoms with Crippen LogP contribution < -0.4 is 10.6 Å². The van der Waals surface area contributed by atoms with Crippen LogP contribution in [-0.2, 0) is 9.59 Å². The third kappa shape index (κ3) is 2.61. The number of carbonyl (C=O) groups is 3. The molecule has 0 radical (unpaired) electrons. The van der Waals surface area contributed by atoms with E-state index in [1.165, 1.54) is 12.1 Å². The highest BCUT2D eigenvalue weighted by Crippen LogP contribution is 2.27. The molecule has 2 rings (SSSR count). The van der Waals surface area contributed by atoms with E-state index in [1.807, 2.05) is 13.8 Å². The first-order chi connectivity index (χ1) is 9.40. The van der Waals surface area contributed by atoms with E-state index in [4.69, 9.17) is 5.73 Å². The van der Waals surface area contributed by atoms with Gasteiger partial charge in [-0.15, -0.1) is 0 Å². The summed E-state index contributed by atoms with van der Waals surface area (Å²) in [5, 5.41) is 0. The average Bonchev–Trinajstić information content (AvgIpc) is 2.64. The third-order valence-corrected chi connectivity index (χ3v) is 3.01. The SMILES string of the molecule is CC(C)C=C1CC(=O)N(c2ccc(C(N)=O)cc2)C1=O. The van der Waals surface area contributed by atoms with Gasteiger partial charge < -0.3 is 5.73 Å². The van der Waals surface area contributed by atoms with Crippen LogP contribution in [0.1, 0.15) is 30.6 Å². The summed E-state index contributed by atoms with van der Waals surface area (Å²) in [5.74, 6) is -0.890. The van der Waals surface area contributed by atoms with Crippen LogP contribution in [-0.4, -0.2) is 17.7 Å². The van der Waals surface area contributed by atoms with Crippen molar-refractivity contribution in [2.75, 3.05) is 4.90 Å². The predicted molar refractivity (Wildman–Crippen MR) is 75.0 cm³/mol. The van der Waals surface area contributed by atoms with E-state index < -0.39 is 5.91 Å². The summed E-state index contributed by atoms with van der Waals surface area (Å²) in [5.41, 5.74) is 6.47. The van der Waals surface area contributed by atoms with Crippen molar-refractivity contribution in [3.8, 4) is 0 Å². The largest absolute Gasteiger partial charge is 0.366 e. The molecule has 5 nitrogen and oxygen atoms in total. The molecule has 2 N–H and O–H groups in total. The number of hydrogen-bond acceptors (Lipinski definition) is 3. The van der Waals surface area contributed by atoms with Gasteiger partial charge in [-0.2, -0.15) is 0 Å². The van der Waals surface area contributed by atoms with Crippen LogP contribution >= 0.6 is 0 Å². The van der Waals surface area contributed by atoms with E-state index in [2.05, 4.69) is 0 Å². The normalized spacial score (nSPS) is 17.4. The Labute approximate surface area is 117 Å². The Morgan fingerprint density at radius 1 is 1.25 bits per heavy atom. The van der Waals surface area contributed by atoms with Gasteiger partial charge in [-0.1, -0.05) is 19.9 Å². The van der Waals surface area contributed by atoms with Gasteiger partial charge in [-0.3, -0.25) is 14.4 Å². The van der Waals surface area contributed by atoms with E-state index in [9.17, 15) is 14.4 Å². The molecule has 1 aromatic carbocycles. The Hall–Kier alpha value is -2.43. The van der Waals surface area contributed by atoms with E-state index >= 15 is 0 Å². The zero-order valence-corrected chi connectivity index (χ0v) is 11.4. The second-order valence-corrected chi connectivity index (χ2v) is 5.06. The smallest absolute Gasteiger partial charge is 0.261 e. The number of hydrogen-bond donors (Lipinski definition) is 1. The monoisotopic (exact) mass is 272 g/mol. The minimum Gasteiger partial charge on any atom is -0.366 e. The molecule has 0 saturated carbocycles. The summed E-state index contributed by atoms with van der Waals surface area (Å²) >= 11 is 0. The Bertz CT molecular complexity index is 600. The predicted octanol–water partition coefficient (Wildman–Crippen LogP) is 1.63. The maximum absolute atomic E-state index is 12.2. The van der Waals surface area contributed by atoms with Gasteiger partial charge in [0, 0.05) is 11.1 Å². The lowest BCUT2D eigenvalue weighted by atomic mass is 10.1. The first-order valence-electron chi connectivity index (χ1n) is 6.38. The van der Waals surface area contributed by atoms with Crippen LogP contribution in [0.2, 0.25) is 0 Å². The number of nitrogens with zero attached hydrogens (tertiary/aromatic N) is 1.